The summed E-state index contributed by atoms with van der Waals surface area (Å²) in [5.74, 6) is -1.48. The van der Waals surface area contributed by atoms with Crippen LogP contribution in [-0.4, -0.2) is 55.2 Å². The molecule has 0 aromatic carbocycles. The van der Waals surface area contributed by atoms with E-state index in [2.05, 4.69) is 0 Å². The quantitative estimate of drug-likeness (QED) is 0.356. The minimum atomic E-state index is -1.15. The first kappa shape index (κ1) is 19.1. The molecule has 0 bridgehead atoms. The number of fused-ring (bicyclic) bond motifs is 1. The van der Waals surface area contributed by atoms with Crippen molar-refractivity contribution in [1.29, 1.82) is 0 Å². The van der Waals surface area contributed by atoms with E-state index in [1.54, 1.807) is 4.08 Å². The van der Waals surface area contributed by atoms with E-state index >= 15 is 0 Å². The zero-order valence-electron chi connectivity index (χ0n) is 13.6. The van der Waals surface area contributed by atoms with Crippen LogP contribution in [-0.2, 0) is 38.1 Å². The molecule has 2 fully saturated rings. The summed E-state index contributed by atoms with van der Waals surface area (Å²) in [5, 5.41) is 0. The van der Waals surface area contributed by atoms with Crippen LogP contribution in [0.1, 0.15) is 27.2 Å². The van der Waals surface area contributed by atoms with Gasteiger partial charge in [0.2, 0.25) is 6.29 Å². The largest absolute Gasteiger partial charge is 0.463 e. The molecule has 9 heteroatoms. The summed E-state index contributed by atoms with van der Waals surface area (Å²) >= 11 is 2.03. The van der Waals surface area contributed by atoms with Gasteiger partial charge in [0.25, 0.3) is 0 Å². The Balaban J connectivity index is 2.29. The molecular weight excluding hydrogens is 435 g/mol. The van der Waals surface area contributed by atoms with Crippen LogP contribution in [0.25, 0.3) is 0 Å². The van der Waals surface area contributed by atoms with Crippen LogP contribution in [0, 0.1) is 0 Å². The highest BCUT2D eigenvalue weighted by atomic mass is 127. The summed E-state index contributed by atoms with van der Waals surface area (Å²) in [4.78, 5) is 34.1. The molecule has 2 aliphatic rings. The van der Waals surface area contributed by atoms with Gasteiger partial charge in [0.1, 0.15) is 18.8 Å². The van der Waals surface area contributed by atoms with E-state index in [9.17, 15) is 14.4 Å². The van der Waals surface area contributed by atoms with Crippen LogP contribution in [0.5, 0.6) is 0 Å². The summed E-state index contributed by atoms with van der Waals surface area (Å²) in [6.45, 7) is 3.98. The predicted molar refractivity (Wildman–Crippen MR) is 88.0 cm³/mol. The standard InChI is InChI=1S/C15H19IO8/c1-8(17)20-7-13-12(22-9(2)18)4-15(24-10(3)19)11(5-16)6-21-14(15)23-13/h5,12-14H,4,6-7H2,1-3H3/b11-5+/t12-,13+,14-,15+/m0/s1. The van der Waals surface area contributed by atoms with Gasteiger partial charge in [0.05, 0.1) is 6.61 Å². The zero-order chi connectivity index (χ0) is 17.9. The van der Waals surface area contributed by atoms with Gasteiger partial charge in [0.15, 0.2) is 5.60 Å². The molecule has 0 N–H and O–H groups in total. The van der Waals surface area contributed by atoms with Crippen molar-refractivity contribution in [3.05, 3.63) is 9.66 Å². The van der Waals surface area contributed by atoms with Crippen molar-refractivity contribution in [2.45, 2.75) is 51.3 Å². The van der Waals surface area contributed by atoms with Crippen molar-refractivity contribution < 1.29 is 38.1 Å². The van der Waals surface area contributed by atoms with Crippen molar-refractivity contribution in [1.82, 2.24) is 0 Å². The molecule has 0 aliphatic carbocycles. The molecule has 0 unspecified atom stereocenters. The Labute approximate surface area is 152 Å². The fourth-order valence-corrected chi connectivity index (χ4v) is 3.55. The molecule has 0 amide bonds. The molecule has 0 radical (unpaired) electrons. The highest BCUT2D eigenvalue weighted by Crippen LogP contribution is 2.45. The smallest absolute Gasteiger partial charge is 0.303 e. The molecule has 2 rings (SSSR count). The molecule has 0 spiro atoms. The Hall–Kier alpha value is -1.20. The molecule has 2 saturated heterocycles. The van der Waals surface area contributed by atoms with Crippen LogP contribution in [0.3, 0.4) is 0 Å². The van der Waals surface area contributed by atoms with Gasteiger partial charge in [0, 0.05) is 32.8 Å². The zero-order valence-corrected chi connectivity index (χ0v) is 15.7. The molecular formula is C15H19IO8. The average molecular weight is 454 g/mol. The van der Waals surface area contributed by atoms with Gasteiger partial charge >= 0.3 is 17.9 Å². The molecule has 4 atom stereocenters. The van der Waals surface area contributed by atoms with Crippen molar-refractivity contribution in [3.8, 4) is 0 Å². The Morgan fingerprint density at radius 3 is 2.50 bits per heavy atom. The number of carbonyl (C=O) groups excluding carboxylic acids is 3. The second-order valence-electron chi connectivity index (χ2n) is 5.59. The van der Waals surface area contributed by atoms with Crippen LogP contribution < -0.4 is 0 Å². The Morgan fingerprint density at radius 2 is 1.96 bits per heavy atom. The molecule has 2 aliphatic heterocycles. The molecule has 0 saturated carbocycles. The third-order valence-corrected chi connectivity index (χ3v) is 4.51. The second-order valence-corrected chi connectivity index (χ2v) is 6.21. The van der Waals surface area contributed by atoms with Crippen molar-refractivity contribution >= 4 is 40.5 Å². The minimum Gasteiger partial charge on any atom is -0.463 e. The number of rotatable bonds is 4. The van der Waals surface area contributed by atoms with Gasteiger partial charge in [-0.25, -0.2) is 0 Å². The van der Waals surface area contributed by atoms with Gasteiger partial charge in [-0.2, -0.15) is 0 Å². The van der Waals surface area contributed by atoms with Gasteiger partial charge in [-0.05, 0) is 4.08 Å². The lowest BCUT2D eigenvalue weighted by Crippen LogP contribution is -2.58. The van der Waals surface area contributed by atoms with Crippen LogP contribution in [0.4, 0.5) is 0 Å². The lowest BCUT2D eigenvalue weighted by molar-refractivity contribution is -0.278. The molecule has 0 aromatic heterocycles. The second kappa shape index (κ2) is 7.79. The average Bonchev–Trinajstić information content (AvgIpc) is 2.80. The fraction of sp³-hybridized carbons (Fsp3) is 0.667. The normalized spacial score (nSPS) is 33.7. The first-order valence-electron chi connectivity index (χ1n) is 7.35. The molecule has 2 heterocycles. The number of hydrogen-bond acceptors (Lipinski definition) is 8. The highest BCUT2D eigenvalue weighted by Gasteiger charge is 2.59. The number of carbonyl (C=O) groups is 3. The summed E-state index contributed by atoms with van der Waals surface area (Å²) in [6, 6.07) is 0. The topological polar surface area (TPSA) is 97.4 Å². The summed E-state index contributed by atoms with van der Waals surface area (Å²) < 4.78 is 29.0. The predicted octanol–water partition coefficient (Wildman–Crippen LogP) is 1.25. The Kier molecular flexibility index (Phi) is 6.21. The number of esters is 3. The number of halogens is 1. The molecule has 134 valence electrons. The maximum Gasteiger partial charge on any atom is 0.303 e. The van der Waals surface area contributed by atoms with Crippen LogP contribution >= 0.6 is 22.6 Å². The first-order valence-corrected chi connectivity index (χ1v) is 8.60. The SMILES string of the molecule is CC(=O)OC[C@H]1O[C@@H]2OC/C(=C\I)[C@]2(OC(C)=O)C[C@@H]1OC(C)=O. The van der Waals surface area contributed by atoms with E-state index in [0.29, 0.717) is 0 Å². The van der Waals surface area contributed by atoms with E-state index in [1.165, 1.54) is 20.8 Å². The molecule has 24 heavy (non-hydrogen) atoms. The minimum absolute atomic E-state index is 0.0907. The van der Waals surface area contributed by atoms with Crippen molar-refractivity contribution in [2.24, 2.45) is 0 Å². The lowest BCUT2D eigenvalue weighted by Gasteiger charge is -2.43. The van der Waals surface area contributed by atoms with Gasteiger partial charge < -0.3 is 23.7 Å². The van der Waals surface area contributed by atoms with Gasteiger partial charge in [-0.1, -0.05) is 22.6 Å². The third-order valence-electron chi connectivity index (χ3n) is 3.76. The van der Waals surface area contributed by atoms with E-state index in [0.717, 1.165) is 5.57 Å². The Morgan fingerprint density at radius 1 is 1.25 bits per heavy atom. The summed E-state index contributed by atoms with van der Waals surface area (Å²) in [5.41, 5.74) is -0.425. The van der Waals surface area contributed by atoms with Crippen LogP contribution in [0.15, 0.2) is 9.66 Å². The lowest BCUT2D eigenvalue weighted by atomic mass is 9.85. The first-order chi connectivity index (χ1) is 11.3. The maximum absolute atomic E-state index is 11.6. The third kappa shape index (κ3) is 4.06. The summed E-state index contributed by atoms with van der Waals surface area (Å²) in [7, 11) is 0. The van der Waals surface area contributed by atoms with Crippen molar-refractivity contribution in [3.63, 3.8) is 0 Å². The fourth-order valence-electron chi connectivity index (χ4n) is 2.84. The van der Waals surface area contributed by atoms with Crippen molar-refractivity contribution in [2.75, 3.05) is 13.2 Å². The van der Waals surface area contributed by atoms with E-state index in [1.807, 2.05) is 22.6 Å². The van der Waals surface area contributed by atoms with E-state index in [-0.39, 0.29) is 19.6 Å². The van der Waals surface area contributed by atoms with Gasteiger partial charge in [-0.3, -0.25) is 14.4 Å². The maximum atomic E-state index is 11.6. The monoisotopic (exact) mass is 454 g/mol. The highest BCUT2D eigenvalue weighted by molar-refractivity contribution is 14.1. The van der Waals surface area contributed by atoms with Gasteiger partial charge in [-0.15, -0.1) is 0 Å². The van der Waals surface area contributed by atoms with E-state index < -0.39 is 42.0 Å². The Bertz CT molecular complexity index is 560. The molecule has 0 aromatic rings. The summed E-state index contributed by atoms with van der Waals surface area (Å²) in [6.07, 6.45) is -2.14. The van der Waals surface area contributed by atoms with Crippen LogP contribution in [0.2, 0.25) is 0 Å². The van der Waals surface area contributed by atoms with E-state index in [4.69, 9.17) is 23.7 Å². The number of hydrogen-bond donors (Lipinski definition) is 0. The number of ether oxygens (including phenoxy) is 5. The molecule has 8 nitrogen and oxygen atoms in total.